The van der Waals surface area contributed by atoms with Crippen molar-refractivity contribution in [3.8, 4) is 0 Å². The summed E-state index contributed by atoms with van der Waals surface area (Å²) < 4.78 is 25.8. The highest BCUT2D eigenvalue weighted by Gasteiger charge is 2.31. The van der Waals surface area contributed by atoms with Crippen LogP contribution in [-0.2, 0) is 19.1 Å². The van der Waals surface area contributed by atoms with Crippen LogP contribution in [0.5, 0.6) is 0 Å². The first kappa shape index (κ1) is 15.3. The average molecular weight is 257 g/mol. The molecule has 0 rings (SSSR count). The predicted molar refractivity (Wildman–Crippen MR) is 53.3 cm³/mol. The van der Waals surface area contributed by atoms with Gasteiger partial charge in [0.1, 0.15) is 0 Å². The van der Waals surface area contributed by atoms with E-state index in [4.69, 9.17) is 15.3 Å². The van der Waals surface area contributed by atoms with Gasteiger partial charge in [0.25, 0.3) is 10.1 Å². The molecule has 0 amide bonds. The van der Waals surface area contributed by atoms with E-state index in [2.05, 4.69) is 9.50 Å². The van der Waals surface area contributed by atoms with Crippen molar-refractivity contribution in [3.63, 3.8) is 0 Å². The van der Waals surface area contributed by atoms with Crippen molar-refractivity contribution in [2.45, 2.75) is 5.54 Å². The average Bonchev–Trinajstić information content (AvgIpc) is 2.18. The van der Waals surface area contributed by atoms with Crippen LogP contribution in [0, 0.1) is 0 Å². The summed E-state index contributed by atoms with van der Waals surface area (Å²) in [5.41, 5.74) is -1.50. The van der Waals surface area contributed by atoms with Crippen LogP contribution >= 0.6 is 0 Å². The van der Waals surface area contributed by atoms with Crippen molar-refractivity contribution >= 4 is 16.1 Å². The molecule has 0 heterocycles. The van der Waals surface area contributed by atoms with E-state index in [1.54, 1.807) is 0 Å². The Bertz CT molecular complexity index is 322. The molecule has 0 aromatic heterocycles. The first-order valence-corrected chi connectivity index (χ1v) is 6.09. The molecule has 0 atom stereocenters. The van der Waals surface area contributed by atoms with E-state index in [1.165, 1.54) is 0 Å². The van der Waals surface area contributed by atoms with Gasteiger partial charge in [-0.2, -0.15) is 8.42 Å². The fourth-order valence-corrected chi connectivity index (χ4v) is 1.23. The second kappa shape index (κ2) is 6.11. The summed E-state index contributed by atoms with van der Waals surface area (Å²) >= 11 is 0. The number of carboxylic acid groups (broad SMARTS) is 1. The molecule has 0 radical (unpaired) electrons. The lowest BCUT2D eigenvalue weighted by Gasteiger charge is -2.29. The molecule has 8 nitrogen and oxygen atoms in total. The largest absolute Gasteiger partial charge is 0.480 e. The number of nitrogens with one attached hydrogen (secondary N) is 1. The van der Waals surface area contributed by atoms with E-state index >= 15 is 0 Å². The Morgan fingerprint density at radius 1 is 1.38 bits per heavy atom. The summed E-state index contributed by atoms with van der Waals surface area (Å²) in [5, 5.41) is 28.7. The molecule has 0 bridgehead atoms. The Morgan fingerprint density at radius 2 is 1.88 bits per heavy atom. The Kier molecular flexibility index (Phi) is 5.83. The van der Waals surface area contributed by atoms with Crippen molar-refractivity contribution < 1.29 is 32.7 Å². The zero-order chi connectivity index (χ0) is 12.8. The van der Waals surface area contributed by atoms with Crippen LogP contribution in [0.25, 0.3) is 0 Å². The molecule has 0 aromatic rings. The zero-order valence-corrected chi connectivity index (χ0v) is 9.53. The van der Waals surface area contributed by atoms with E-state index in [9.17, 15) is 13.2 Å². The van der Waals surface area contributed by atoms with Gasteiger partial charge >= 0.3 is 5.97 Å². The molecule has 0 spiro atoms. The second-order valence-corrected chi connectivity index (χ2v) is 4.95. The van der Waals surface area contributed by atoms with Gasteiger partial charge in [-0.25, -0.2) is 0 Å². The number of hydrogen-bond acceptors (Lipinski definition) is 7. The molecule has 0 aliphatic rings. The highest BCUT2D eigenvalue weighted by molar-refractivity contribution is 7.85. The van der Waals surface area contributed by atoms with Crippen LogP contribution in [-0.4, -0.2) is 67.9 Å². The van der Waals surface area contributed by atoms with Crippen molar-refractivity contribution in [2.24, 2.45) is 0 Å². The minimum Gasteiger partial charge on any atom is -0.480 e. The molecule has 9 heteroatoms. The molecule has 0 aliphatic heterocycles. The van der Waals surface area contributed by atoms with E-state index in [1.807, 2.05) is 0 Å². The van der Waals surface area contributed by atoms with E-state index in [-0.39, 0.29) is 0 Å². The molecular weight excluding hydrogens is 242 g/mol. The van der Waals surface area contributed by atoms with Crippen molar-refractivity contribution in [1.29, 1.82) is 0 Å². The first-order chi connectivity index (χ1) is 7.24. The summed E-state index contributed by atoms with van der Waals surface area (Å²) in [5.74, 6) is -1.20. The van der Waals surface area contributed by atoms with Gasteiger partial charge in [-0.3, -0.25) is 14.3 Å². The third-order valence-corrected chi connectivity index (χ3v) is 2.32. The summed E-state index contributed by atoms with van der Waals surface area (Å²) in [7, 11) is -3.73. The summed E-state index contributed by atoms with van der Waals surface area (Å²) in [6.07, 6.45) is 0.809. The number of aliphatic carboxylic acids is 1. The summed E-state index contributed by atoms with van der Waals surface area (Å²) in [6, 6.07) is 0. The normalized spacial score (nSPS) is 12.7. The predicted octanol–water partition coefficient (Wildman–Crippen LogP) is -2.64. The highest BCUT2D eigenvalue weighted by Crippen LogP contribution is 2.05. The van der Waals surface area contributed by atoms with Crippen LogP contribution < -0.4 is 5.32 Å². The van der Waals surface area contributed by atoms with Crippen LogP contribution in [0.1, 0.15) is 0 Å². The molecule has 0 aliphatic carbocycles. The van der Waals surface area contributed by atoms with Crippen molar-refractivity contribution in [3.05, 3.63) is 0 Å². The maximum Gasteiger partial charge on any atom is 0.317 e. The highest BCUT2D eigenvalue weighted by atomic mass is 32.2. The van der Waals surface area contributed by atoms with Crippen LogP contribution in [0.3, 0.4) is 0 Å². The van der Waals surface area contributed by atoms with Gasteiger partial charge in [-0.05, 0) is 0 Å². The zero-order valence-electron chi connectivity index (χ0n) is 8.71. The van der Waals surface area contributed by atoms with Crippen LogP contribution in [0.15, 0.2) is 0 Å². The lowest BCUT2D eigenvalue weighted by Crippen LogP contribution is -2.56. The van der Waals surface area contributed by atoms with Gasteiger partial charge in [0, 0.05) is 0 Å². The Morgan fingerprint density at radius 3 is 2.19 bits per heavy atom. The van der Waals surface area contributed by atoms with Crippen molar-refractivity contribution in [1.82, 2.24) is 5.32 Å². The summed E-state index contributed by atoms with van der Waals surface area (Å²) in [4.78, 5) is 10.3. The van der Waals surface area contributed by atoms with Gasteiger partial charge < -0.3 is 15.3 Å². The van der Waals surface area contributed by atoms with Crippen LogP contribution in [0.2, 0.25) is 0 Å². The third-order valence-electron chi connectivity index (χ3n) is 1.77. The Hall–Kier alpha value is -0.740. The minimum absolute atomic E-state index is 0.533. The SMILES string of the molecule is CS(=O)(=O)OCC(CO)(CO)NCC(=O)O. The monoisotopic (exact) mass is 257 g/mol. The number of hydrogen-bond donors (Lipinski definition) is 4. The first-order valence-electron chi connectivity index (χ1n) is 4.27. The topological polar surface area (TPSA) is 133 Å². The smallest absolute Gasteiger partial charge is 0.317 e. The lowest BCUT2D eigenvalue weighted by atomic mass is 10.0. The fraction of sp³-hybridized carbons (Fsp3) is 0.857. The summed E-state index contributed by atoms with van der Waals surface area (Å²) in [6.45, 7) is -2.40. The molecule has 0 saturated heterocycles. The molecule has 96 valence electrons. The van der Waals surface area contributed by atoms with Gasteiger partial charge in [0.05, 0.1) is 38.2 Å². The molecule has 4 N–H and O–H groups in total. The van der Waals surface area contributed by atoms with E-state index < -0.39 is 48.0 Å². The minimum atomic E-state index is -3.73. The van der Waals surface area contributed by atoms with Gasteiger partial charge in [0.2, 0.25) is 0 Å². The number of rotatable bonds is 8. The number of carbonyl (C=O) groups is 1. The molecule has 0 unspecified atom stereocenters. The maximum atomic E-state index is 10.7. The lowest BCUT2D eigenvalue weighted by molar-refractivity contribution is -0.136. The fourth-order valence-electron chi connectivity index (χ4n) is 0.787. The van der Waals surface area contributed by atoms with Gasteiger partial charge in [-0.1, -0.05) is 0 Å². The number of carboxylic acids is 1. The van der Waals surface area contributed by atoms with E-state index in [0.717, 1.165) is 6.26 Å². The molecule has 0 saturated carbocycles. The van der Waals surface area contributed by atoms with E-state index in [0.29, 0.717) is 0 Å². The van der Waals surface area contributed by atoms with Crippen molar-refractivity contribution in [2.75, 3.05) is 32.6 Å². The number of aliphatic hydroxyl groups is 2. The number of aliphatic hydroxyl groups excluding tert-OH is 2. The maximum absolute atomic E-state index is 10.7. The molecule has 0 fully saturated rings. The molecule has 16 heavy (non-hydrogen) atoms. The Balaban J connectivity index is 4.49. The molecular formula is C7H15NO7S. The van der Waals surface area contributed by atoms with Gasteiger partial charge in [0.15, 0.2) is 0 Å². The Labute approximate surface area is 93.0 Å². The van der Waals surface area contributed by atoms with Crippen LogP contribution in [0.4, 0.5) is 0 Å². The van der Waals surface area contributed by atoms with Gasteiger partial charge in [-0.15, -0.1) is 0 Å². The second-order valence-electron chi connectivity index (χ2n) is 3.31. The quantitative estimate of drug-likeness (QED) is 0.347. The molecule has 0 aromatic carbocycles. The standard InChI is InChI=1S/C7H15NO7S/c1-16(13,14)15-5-7(3-9,4-10)8-2-6(11)12/h8-10H,2-5H2,1H3,(H,11,12). The third kappa shape index (κ3) is 5.98.